The molecule has 0 aliphatic rings. The number of rotatable bonds is 3. The van der Waals surface area contributed by atoms with Gasteiger partial charge in [-0.1, -0.05) is 6.92 Å². The summed E-state index contributed by atoms with van der Waals surface area (Å²) in [7, 11) is 1.92. The van der Waals surface area contributed by atoms with Crippen LogP contribution in [0.4, 0.5) is 5.82 Å². The molecule has 3 nitrogen and oxygen atoms in total. The van der Waals surface area contributed by atoms with Crippen LogP contribution in [0.1, 0.15) is 13.3 Å². The van der Waals surface area contributed by atoms with Gasteiger partial charge in [0.15, 0.2) is 0 Å². The maximum absolute atomic E-state index is 4.08. The smallest absolute Gasteiger partial charge is 0.138 e. The van der Waals surface area contributed by atoms with Crippen molar-refractivity contribution in [2.75, 3.05) is 11.9 Å². The summed E-state index contributed by atoms with van der Waals surface area (Å²) in [5, 5.41) is 7.34. The Hall–Kier alpha value is -0.510. The monoisotopic (exact) mass is 217 g/mol. The van der Waals surface area contributed by atoms with Crippen molar-refractivity contribution in [3.05, 3.63) is 10.7 Å². The normalized spacial score (nSPS) is 10.1. The maximum atomic E-state index is 4.08. The molecule has 0 aliphatic carbocycles. The van der Waals surface area contributed by atoms with Crippen LogP contribution in [0.2, 0.25) is 0 Å². The maximum Gasteiger partial charge on any atom is 0.138 e. The molecule has 62 valence electrons. The molecule has 1 rings (SSSR count). The summed E-state index contributed by atoms with van der Waals surface area (Å²) in [5.41, 5.74) is 0. The SMILES string of the molecule is CCCNc1c(Br)cnn1C. The standard InChI is InChI=1S/C7H12BrN3/c1-3-4-9-7-6(8)5-10-11(7)2/h5,9H,3-4H2,1-2H3. The highest BCUT2D eigenvalue weighted by Crippen LogP contribution is 2.19. The lowest BCUT2D eigenvalue weighted by Gasteiger charge is -2.04. The summed E-state index contributed by atoms with van der Waals surface area (Å²) in [5.74, 6) is 1.05. The van der Waals surface area contributed by atoms with E-state index in [0.29, 0.717) is 0 Å². The van der Waals surface area contributed by atoms with E-state index >= 15 is 0 Å². The van der Waals surface area contributed by atoms with Crippen molar-refractivity contribution in [2.45, 2.75) is 13.3 Å². The highest BCUT2D eigenvalue weighted by molar-refractivity contribution is 9.10. The molecule has 0 amide bonds. The van der Waals surface area contributed by atoms with E-state index in [1.165, 1.54) is 0 Å². The third kappa shape index (κ3) is 1.96. The summed E-state index contributed by atoms with van der Waals surface area (Å²) in [6.07, 6.45) is 2.91. The van der Waals surface area contributed by atoms with Gasteiger partial charge in [-0.2, -0.15) is 5.10 Å². The highest BCUT2D eigenvalue weighted by atomic mass is 79.9. The molecule has 1 aromatic heterocycles. The van der Waals surface area contributed by atoms with Crippen molar-refractivity contribution in [2.24, 2.45) is 7.05 Å². The third-order valence-corrected chi connectivity index (χ3v) is 2.02. The predicted molar refractivity (Wildman–Crippen MR) is 49.7 cm³/mol. The van der Waals surface area contributed by atoms with Gasteiger partial charge < -0.3 is 5.32 Å². The molecule has 1 heterocycles. The molecular formula is C7H12BrN3. The number of anilines is 1. The van der Waals surface area contributed by atoms with Crippen molar-refractivity contribution in [1.82, 2.24) is 9.78 Å². The van der Waals surface area contributed by atoms with Crippen LogP contribution in [0, 0.1) is 0 Å². The van der Waals surface area contributed by atoms with E-state index in [1.54, 1.807) is 6.20 Å². The molecule has 0 aliphatic heterocycles. The Labute approximate surface area is 74.9 Å². The first-order valence-electron chi connectivity index (χ1n) is 3.67. The van der Waals surface area contributed by atoms with Crippen LogP contribution in [-0.2, 0) is 7.05 Å². The zero-order chi connectivity index (χ0) is 8.27. The molecule has 1 aromatic rings. The summed E-state index contributed by atoms with van der Waals surface area (Å²) in [6.45, 7) is 3.12. The zero-order valence-corrected chi connectivity index (χ0v) is 8.35. The predicted octanol–water partition coefficient (Wildman–Crippen LogP) is 2.00. The minimum absolute atomic E-state index is 0.984. The van der Waals surface area contributed by atoms with Crippen LogP contribution in [-0.4, -0.2) is 16.3 Å². The Morgan fingerprint density at radius 1 is 1.73 bits per heavy atom. The van der Waals surface area contributed by atoms with Crippen LogP contribution in [0.5, 0.6) is 0 Å². The third-order valence-electron chi connectivity index (χ3n) is 1.44. The minimum atomic E-state index is 0.984. The Morgan fingerprint density at radius 3 is 2.91 bits per heavy atom. The van der Waals surface area contributed by atoms with Crippen molar-refractivity contribution in [1.29, 1.82) is 0 Å². The Balaban J connectivity index is 2.67. The average Bonchev–Trinajstić information content (AvgIpc) is 2.29. The minimum Gasteiger partial charge on any atom is -0.369 e. The second-order valence-corrected chi connectivity index (χ2v) is 3.25. The van der Waals surface area contributed by atoms with Gasteiger partial charge in [-0.05, 0) is 22.4 Å². The fourth-order valence-electron chi connectivity index (χ4n) is 0.853. The summed E-state index contributed by atoms with van der Waals surface area (Å²) >= 11 is 3.40. The summed E-state index contributed by atoms with van der Waals surface area (Å²) in [4.78, 5) is 0. The lowest BCUT2D eigenvalue weighted by atomic mass is 10.5. The molecule has 1 N–H and O–H groups in total. The van der Waals surface area contributed by atoms with Crippen molar-refractivity contribution in [3.63, 3.8) is 0 Å². The van der Waals surface area contributed by atoms with Gasteiger partial charge in [0.2, 0.25) is 0 Å². The second-order valence-electron chi connectivity index (χ2n) is 2.39. The van der Waals surface area contributed by atoms with Crippen molar-refractivity contribution >= 4 is 21.7 Å². The number of nitrogens with one attached hydrogen (secondary N) is 1. The van der Waals surface area contributed by atoms with Crippen LogP contribution in [0.15, 0.2) is 10.7 Å². The Bertz CT molecular complexity index is 212. The van der Waals surface area contributed by atoms with Gasteiger partial charge in [-0.15, -0.1) is 0 Å². The van der Waals surface area contributed by atoms with Gasteiger partial charge in [-0.25, -0.2) is 0 Å². The van der Waals surface area contributed by atoms with Gasteiger partial charge in [0, 0.05) is 13.6 Å². The number of aryl methyl sites for hydroxylation is 1. The fourth-order valence-corrected chi connectivity index (χ4v) is 1.34. The van der Waals surface area contributed by atoms with E-state index in [4.69, 9.17) is 0 Å². The molecule has 11 heavy (non-hydrogen) atoms. The number of nitrogens with zero attached hydrogens (tertiary/aromatic N) is 2. The average molecular weight is 218 g/mol. The number of halogens is 1. The first-order valence-corrected chi connectivity index (χ1v) is 4.46. The molecule has 0 aromatic carbocycles. The molecule has 0 saturated heterocycles. The lowest BCUT2D eigenvalue weighted by molar-refractivity contribution is 0.766. The first kappa shape index (κ1) is 8.59. The van der Waals surface area contributed by atoms with Gasteiger partial charge in [-0.3, -0.25) is 4.68 Å². The van der Waals surface area contributed by atoms with E-state index in [0.717, 1.165) is 23.3 Å². The van der Waals surface area contributed by atoms with E-state index < -0.39 is 0 Å². The van der Waals surface area contributed by atoms with Crippen LogP contribution < -0.4 is 5.32 Å². The first-order chi connectivity index (χ1) is 5.25. The highest BCUT2D eigenvalue weighted by Gasteiger charge is 2.02. The van der Waals surface area contributed by atoms with Gasteiger partial charge in [0.05, 0.1) is 10.7 Å². The van der Waals surface area contributed by atoms with Crippen LogP contribution >= 0.6 is 15.9 Å². The Kier molecular flexibility index (Phi) is 2.93. The lowest BCUT2D eigenvalue weighted by Crippen LogP contribution is -2.05. The quantitative estimate of drug-likeness (QED) is 0.840. The van der Waals surface area contributed by atoms with Crippen LogP contribution in [0.25, 0.3) is 0 Å². The molecular weight excluding hydrogens is 206 g/mol. The molecule has 0 spiro atoms. The molecule has 0 saturated carbocycles. The molecule has 0 bridgehead atoms. The molecule has 0 radical (unpaired) electrons. The van der Waals surface area contributed by atoms with Crippen molar-refractivity contribution in [3.8, 4) is 0 Å². The van der Waals surface area contributed by atoms with E-state index in [9.17, 15) is 0 Å². The molecule has 0 atom stereocenters. The van der Waals surface area contributed by atoms with E-state index in [-0.39, 0.29) is 0 Å². The largest absolute Gasteiger partial charge is 0.369 e. The van der Waals surface area contributed by atoms with E-state index in [2.05, 4.69) is 33.3 Å². The van der Waals surface area contributed by atoms with Crippen LogP contribution in [0.3, 0.4) is 0 Å². The number of aromatic nitrogens is 2. The molecule has 4 heteroatoms. The van der Waals surface area contributed by atoms with Gasteiger partial charge in [0.25, 0.3) is 0 Å². The summed E-state index contributed by atoms with van der Waals surface area (Å²) < 4.78 is 2.84. The molecule has 0 fully saturated rings. The Morgan fingerprint density at radius 2 is 2.45 bits per heavy atom. The van der Waals surface area contributed by atoms with Gasteiger partial charge >= 0.3 is 0 Å². The molecule has 0 unspecified atom stereocenters. The van der Waals surface area contributed by atoms with E-state index in [1.807, 2.05) is 11.7 Å². The summed E-state index contributed by atoms with van der Waals surface area (Å²) in [6, 6.07) is 0. The number of hydrogen-bond acceptors (Lipinski definition) is 2. The topological polar surface area (TPSA) is 29.9 Å². The second kappa shape index (κ2) is 3.76. The number of hydrogen-bond donors (Lipinski definition) is 1. The fraction of sp³-hybridized carbons (Fsp3) is 0.571. The van der Waals surface area contributed by atoms with Crippen molar-refractivity contribution < 1.29 is 0 Å². The van der Waals surface area contributed by atoms with Gasteiger partial charge in [0.1, 0.15) is 5.82 Å². The zero-order valence-electron chi connectivity index (χ0n) is 6.76.